The Bertz CT molecular complexity index is 1970. The summed E-state index contributed by atoms with van der Waals surface area (Å²) in [4.78, 5) is 121. The maximum absolute atomic E-state index is 13.7. The van der Waals surface area contributed by atoms with Crippen LogP contribution in [0.2, 0.25) is 0 Å². The van der Waals surface area contributed by atoms with Crippen LogP contribution in [-0.2, 0) is 44.9 Å². The number of carbonyl (C=O) groups excluding carboxylic acids is 3. The first kappa shape index (κ1) is 54.8. The fourth-order valence-electron chi connectivity index (χ4n) is 7.40. The van der Waals surface area contributed by atoms with E-state index in [1.54, 1.807) is 25.8 Å². The van der Waals surface area contributed by atoms with E-state index >= 15 is 0 Å². The molecule has 0 saturated carbocycles. The number of hydrogen-bond acceptors (Lipinski definition) is 14. The first-order chi connectivity index (χ1) is 31.9. The molecule has 370 valence electrons. The Balaban J connectivity index is 1.58. The lowest BCUT2D eigenvalue weighted by Crippen LogP contribution is -2.51. The number of rotatable bonds is 27. The van der Waals surface area contributed by atoms with Gasteiger partial charge in [-0.3, -0.25) is 53.4 Å². The Kier molecular flexibility index (Phi) is 23.9. The molecule has 1 aromatic carbocycles. The van der Waals surface area contributed by atoms with E-state index in [-0.39, 0.29) is 129 Å². The Morgan fingerprint density at radius 2 is 1.09 bits per heavy atom. The van der Waals surface area contributed by atoms with Crippen LogP contribution in [0, 0.1) is 0 Å². The number of nitrogens with one attached hydrogen (secondary N) is 3. The molecule has 2 aromatic rings. The normalized spacial score (nSPS) is 15.5. The van der Waals surface area contributed by atoms with E-state index in [0.29, 0.717) is 25.0 Å². The molecule has 0 aliphatic carbocycles. The second-order valence-corrected chi connectivity index (χ2v) is 16.2. The van der Waals surface area contributed by atoms with Crippen LogP contribution in [0.4, 0.5) is 4.79 Å². The fourth-order valence-corrected chi connectivity index (χ4v) is 7.40. The van der Waals surface area contributed by atoms with Gasteiger partial charge in [0, 0.05) is 89.9 Å². The van der Waals surface area contributed by atoms with Crippen molar-refractivity contribution < 1.29 is 73.8 Å². The third kappa shape index (κ3) is 22.0. The standard InChI is InChI=1S/C43H63N9O15/c53-35(26-48-17-19-49(27-38(57)58)21-23-51(29-40(61)62)24-22-50(20-18-48)28-39(59)60)45-14-5-3-10-36(54)52(25-34-31-8-2-1-7-30(31)13-15-44-34)16-6-4-9-32(41(63)64)46-43(67)47-33(42(65)66)11-12-37(55)56/h1-2,7-8,13,15,32-33H,3-6,9-12,14,16-29H2,(H,45,53)(H,55,56)(H,57,58)(H,59,60)(H,61,62)(H,63,64)(H,65,66)(H2,46,47,67)/t32-,33-/m0/s1. The van der Waals surface area contributed by atoms with Crippen LogP contribution in [0.15, 0.2) is 36.5 Å². The van der Waals surface area contributed by atoms with Gasteiger partial charge in [0.05, 0.1) is 38.4 Å². The van der Waals surface area contributed by atoms with E-state index in [2.05, 4.69) is 20.9 Å². The molecule has 2 heterocycles. The summed E-state index contributed by atoms with van der Waals surface area (Å²) in [6, 6.07) is 5.35. The highest BCUT2D eigenvalue weighted by atomic mass is 16.4. The minimum atomic E-state index is -1.55. The fraction of sp³-hybridized carbons (Fsp3) is 0.581. The van der Waals surface area contributed by atoms with Crippen LogP contribution in [-0.4, -0.2) is 217 Å². The smallest absolute Gasteiger partial charge is 0.326 e. The predicted molar refractivity (Wildman–Crippen MR) is 238 cm³/mol. The van der Waals surface area contributed by atoms with Crippen LogP contribution < -0.4 is 16.0 Å². The van der Waals surface area contributed by atoms with E-state index in [4.69, 9.17) is 5.11 Å². The third-order valence-electron chi connectivity index (χ3n) is 11.0. The van der Waals surface area contributed by atoms with E-state index in [1.165, 1.54) is 0 Å². The van der Waals surface area contributed by atoms with Gasteiger partial charge in [-0.15, -0.1) is 0 Å². The number of unbranched alkanes of at least 4 members (excludes halogenated alkanes) is 2. The molecule has 24 heteroatoms. The van der Waals surface area contributed by atoms with Gasteiger partial charge in [-0.05, 0) is 50.0 Å². The molecule has 2 atom stereocenters. The number of pyridine rings is 1. The number of fused-ring (bicyclic) bond motifs is 1. The molecule has 0 radical (unpaired) electrons. The van der Waals surface area contributed by atoms with E-state index in [9.17, 15) is 68.7 Å². The highest BCUT2D eigenvalue weighted by Gasteiger charge is 2.26. The molecule has 3 rings (SSSR count). The number of benzene rings is 1. The van der Waals surface area contributed by atoms with Crippen LogP contribution in [0.25, 0.3) is 10.8 Å². The number of amides is 4. The SMILES string of the molecule is O=C(O)CC[C@H](NC(=O)N[C@@H](CCCCN(Cc1nccc2ccccc12)C(=O)CCCCNC(=O)CN1CCN(CC(=O)O)CCN(CC(=O)O)CCN(CC(=O)O)CC1)C(=O)O)C(=O)O. The molecule has 4 amide bonds. The number of hydrogen-bond donors (Lipinski definition) is 9. The van der Waals surface area contributed by atoms with Gasteiger partial charge in [0.1, 0.15) is 12.1 Å². The number of carbonyl (C=O) groups is 9. The second-order valence-electron chi connectivity index (χ2n) is 16.2. The van der Waals surface area contributed by atoms with Gasteiger partial charge in [0.2, 0.25) is 11.8 Å². The number of nitrogens with zero attached hydrogens (tertiary/aromatic N) is 6. The minimum Gasteiger partial charge on any atom is -0.481 e. The number of aromatic nitrogens is 1. The van der Waals surface area contributed by atoms with Crippen LogP contribution in [0.3, 0.4) is 0 Å². The molecule has 1 aliphatic rings. The zero-order chi connectivity index (χ0) is 49.3. The Labute approximate surface area is 386 Å². The third-order valence-corrected chi connectivity index (χ3v) is 11.0. The van der Waals surface area contributed by atoms with Gasteiger partial charge >= 0.3 is 41.8 Å². The summed E-state index contributed by atoms with van der Waals surface area (Å²) in [5.74, 6) is -7.83. The van der Waals surface area contributed by atoms with Gasteiger partial charge in [-0.1, -0.05) is 24.3 Å². The highest BCUT2D eigenvalue weighted by molar-refractivity contribution is 5.87. The van der Waals surface area contributed by atoms with Gasteiger partial charge in [-0.25, -0.2) is 14.4 Å². The Morgan fingerprint density at radius 1 is 0.582 bits per heavy atom. The second kappa shape index (κ2) is 29.2. The van der Waals surface area contributed by atoms with E-state index < -0.39 is 66.8 Å². The van der Waals surface area contributed by atoms with Crippen molar-refractivity contribution in [3.63, 3.8) is 0 Å². The number of aliphatic carboxylic acids is 6. The topological polar surface area (TPSA) is 340 Å². The van der Waals surface area contributed by atoms with Crippen LogP contribution >= 0.6 is 0 Å². The minimum absolute atomic E-state index is 0.0592. The maximum atomic E-state index is 13.7. The maximum Gasteiger partial charge on any atom is 0.326 e. The molecule has 0 unspecified atom stereocenters. The van der Waals surface area contributed by atoms with Crippen molar-refractivity contribution >= 4 is 64.4 Å². The van der Waals surface area contributed by atoms with Crippen molar-refractivity contribution in [2.45, 2.75) is 70.0 Å². The number of carboxylic acids is 6. The summed E-state index contributed by atoms with van der Waals surface area (Å²) in [5, 5.41) is 65.3. The Morgan fingerprint density at radius 3 is 1.60 bits per heavy atom. The molecule has 1 aliphatic heterocycles. The van der Waals surface area contributed by atoms with Gasteiger partial charge < -0.3 is 51.5 Å². The highest BCUT2D eigenvalue weighted by Crippen LogP contribution is 2.19. The number of urea groups is 1. The first-order valence-corrected chi connectivity index (χ1v) is 22.1. The zero-order valence-corrected chi connectivity index (χ0v) is 37.4. The average molecular weight is 946 g/mol. The van der Waals surface area contributed by atoms with E-state index in [1.807, 2.05) is 35.2 Å². The van der Waals surface area contributed by atoms with Crippen molar-refractivity contribution in [3.05, 3.63) is 42.2 Å². The summed E-state index contributed by atoms with van der Waals surface area (Å²) in [7, 11) is 0. The van der Waals surface area contributed by atoms with E-state index in [0.717, 1.165) is 10.8 Å². The van der Waals surface area contributed by atoms with Crippen molar-refractivity contribution in [2.24, 2.45) is 0 Å². The summed E-state index contributed by atoms with van der Waals surface area (Å²) < 4.78 is 0. The molecule has 67 heavy (non-hydrogen) atoms. The molecule has 1 saturated heterocycles. The first-order valence-electron chi connectivity index (χ1n) is 22.1. The zero-order valence-electron chi connectivity index (χ0n) is 37.4. The summed E-state index contributed by atoms with van der Waals surface area (Å²) in [6.07, 6.45) is 2.18. The lowest BCUT2D eigenvalue weighted by Gasteiger charge is -2.32. The average Bonchev–Trinajstić information content (AvgIpc) is 3.25. The van der Waals surface area contributed by atoms with Crippen molar-refractivity contribution in [3.8, 4) is 0 Å². The summed E-state index contributed by atoms with van der Waals surface area (Å²) >= 11 is 0. The molecule has 1 fully saturated rings. The molecular weight excluding hydrogens is 883 g/mol. The molecular formula is C43H63N9O15. The monoisotopic (exact) mass is 945 g/mol. The largest absolute Gasteiger partial charge is 0.481 e. The molecule has 0 spiro atoms. The summed E-state index contributed by atoms with van der Waals surface area (Å²) in [5.41, 5.74) is 0.649. The van der Waals surface area contributed by atoms with Crippen molar-refractivity contribution in [1.29, 1.82) is 0 Å². The summed E-state index contributed by atoms with van der Waals surface area (Å²) in [6.45, 7) is 1.72. The number of carboxylic acid groups (broad SMARTS) is 6. The van der Waals surface area contributed by atoms with Gasteiger partial charge in [0.25, 0.3) is 0 Å². The van der Waals surface area contributed by atoms with Gasteiger partial charge in [0.15, 0.2) is 0 Å². The van der Waals surface area contributed by atoms with Gasteiger partial charge in [-0.2, -0.15) is 0 Å². The lowest BCUT2D eigenvalue weighted by atomic mass is 10.1. The predicted octanol–water partition coefficient (Wildman–Crippen LogP) is -0.434. The Hall–Kier alpha value is -6.50. The van der Waals surface area contributed by atoms with Crippen LogP contribution in [0.1, 0.15) is 57.1 Å². The van der Waals surface area contributed by atoms with Crippen LogP contribution in [0.5, 0.6) is 0 Å². The molecule has 9 N–H and O–H groups in total. The quantitative estimate of drug-likeness (QED) is 0.0513. The molecule has 1 aromatic heterocycles. The van der Waals surface area contributed by atoms with Crippen molar-refractivity contribution in [2.75, 3.05) is 91.6 Å². The molecule has 24 nitrogen and oxygen atoms in total. The lowest BCUT2D eigenvalue weighted by molar-refractivity contribution is -0.141. The van der Waals surface area contributed by atoms with Crippen molar-refractivity contribution in [1.82, 2.24) is 45.4 Å². The molecule has 0 bridgehead atoms.